The summed E-state index contributed by atoms with van der Waals surface area (Å²) in [5.41, 5.74) is 2.01. The zero-order valence-corrected chi connectivity index (χ0v) is 12.6. The van der Waals surface area contributed by atoms with E-state index in [-0.39, 0.29) is 22.8 Å². The molecule has 0 saturated carbocycles. The van der Waals surface area contributed by atoms with Crippen LogP contribution in [0.3, 0.4) is 0 Å². The molecule has 0 aliphatic heterocycles. The van der Waals surface area contributed by atoms with Gasteiger partial charge in [-0.15, -0.1) is 0 Å². The summed E-state index contributed by atoms with van der Waals surface area (Å²) in [6.07, 6.45) is 0. The Morgan fingerprint density at radius 3 is 2.21 bits per heavy atom. The first-order valence-corrected chi connectivity index (χ1v) is 7.27. The van der Waals surface area contributed by atoms with Crippen molar-refractivity contribution in [1.82, 2.24) is 0 Å². The van der Waals surface area contributed by atoms with Gasteiger partial charge < -0.3 is 20.6 Å². The molecule has 3 aromatic rings. The van der Waals surface area contributed by atoms with Crippen LogP contribution in [0.1, 0.15) is 10.4 Å². The number of nitrogens with one attached hydrogen (secondary N) is 1. The number of carbonyl (C=O) groups is 1. The van der Waals surface area contributed by atoms with E-state index in [4.69, 9.17) is 0 Å². The minimum atomic E-state index is -0.441. The minimum absolute atomic E-state index is 0.102. The lowest BCUT2D eigenvalue weighted by atomic mass is 10.0. The topological polar surface area (TPSA) is 89.8 Å². The molecule has 0 unspecified atom stereocenters. The lowest BCUT2D eigenvalue weighted by molar-refractivity contribution is 0.102. The summed E-state index contributed by atoms with van der Waals surface area (Å²) in [7, 11) is 0. The Hall–Kier alpha value is -3.47. The van der Waals surface area contributed by atoms with Crippen LogP contribution in [-0.2, 0) is 0 Å². The summed E-state index contributed by atoms with van der Waals surface area (Å²) in [5, 5.41) is 31.7. The molecule has 0 aliphatic rings. The van der Waals surface area contributed by atoms with Gasteiger partial charge in [0, 0.05) is 11.3 Å². The Balaban J connectivity index is 1.96. The highest BCUT2D eigenvalue weighted by molar-refractivity contribution is 6.07. The van der Waals surface area contributed by atoms with Crippen LogP contribution in [0.2, 0.25) is 0 Å². The fourth-order valence-electron chi connectivity index (χ4n) is 2.39. The fourth-order valence-corrected chi connectivity index (χ4v) is 2.39. The number of anilines is 1. The number of para-hydroxylation sites is 2. The molecular weight excluding hydrogens is 306 g/mol. The Morgan fingerprint density at radius 1 is 0.750 bits per heavy atom. The molecule has 3 rings (SSSR count). The molecule has 3 aromatic carbocycles. The molecule has 5 nitrogen and oxygen atoms in total. The number of hydrogen-bond acceptors (Lipinski definition) is 4. The minimum Gasteiger partial charge on any atom is -0.507 e. The van der Waals surface area contributed by atoms with Crippen LogP contribution >= 0.6 is 0 Å². The van der Waals surface area contributed by atoms with Crippen molar-refractivity contribution in [3.8, 4) is 28.4 Å². The molecule has 0 atom stereocenters. The highest BCUT2D eigenvalue weighted by atomic mass is 16.3. The highest BCUT2D eigenvalue weighted by Gasteiger charge is 2.13. The Labute approximate surface area is 138 Å². The molecule has 5 heteroatoms. The summed E-state index contributed by atoms with van der Waals surface area (Å²) in [4.78, 5) is 12.4. The number of phenols is 3. The van der Waals surface area contributed by atoms with Gasteiger partial charge >= 0.3 is 0 Å². The van der Waals surface area contributed by atoms with Crippen LogP contribution in [0, 0.1) is 0 Å². The van der Waals surface area contributed by atoms with E-state index in [0.717, 1.165) is 0 Å². The van der Waals surface area contributed by atoms with E-state index >= 15 is 0 Å². The molecule has 0 heterocycles. The Morgan fingerprint density at radius 2 is 1.46 bits per heavy atom. The number of phenolic OH excluding ortho intramolecular Hbond substituents is 3. The van der Waals surface area contributed by atoms with Crippen molar-refractivity contribution >= 4 is 11.6 Å². The van der Waals surface area contributed by atoms with E-state index in [1.807, 2.05) is 0 Å². The number of carbonyl (C=O) groups excluding carboxylic acids is 1. The van der Waals surface area contributed by atoms with Gasteiger partial charge in [0.05, 0.1) is 5.56 Å². The fraction of sp³-hybridized carbons (Fsp3) is 0. The van der Waals surface area contributed by atoms with E-state index < -0.39 is 5.91 Å². The smallest absolute Gasteiger partial charge is 0.259 e. The second-order valence-corrected chi connectivity index (χ2v) is 5.22. The highest BCUT2D eigenvalue weighted by Crippen LogP contribution is 2.34. The van der Waals surface area contributed by atoms with Crippen molar-refractivity contribution in [2.45, 2.75) is 0 Å². The van der Waals surface area contributed by atoms with E-state index in [2.05, 4.69) is 5.32 Å². The quantitative estimate of drug-likeness (QED) is 0.553. The lowest BCUT2D eigenvalue weighted by Crippen LogP contribution is -2.12. The Kier molecular flexibility index (Phi) is 4.07. The van der Waals surface area contributed by atoms with Gasteiger partial charge in [-0.2, -0.15) is 0 Å². The monoisotopic (exact) mass is 321 g/mol. The second-order valence-electron chi connectivity index (χ2n) is 5.22. The van der Waals surface area contributed by atoms with Gasteiger partial charge in [0.15, 0.2) is 11.5 Å². The van der Waals surface area contributed by atoms with Gasteiger partial charge in [0.25, 0.3) is 5.91 Å². The largest absolute Gasteiger partial charge is 0.507 e. The molecule has 120 valence electrons. The molecule has 0 saturated heterocycles. The first-order chi connectivity index (χ1) is 11.6. The van der Waals surface area contributed by atoms with E-state index in [9.17, 15) is 20.1 Å². The molecule has 4 N–H and O–H groups in total. The van der Waals surface area contributed by atoms with Crippen molar-refractivity contribution in [3.63, 3.8) is 0 Å². The molecule has 1 amide bonds. The third kappa shape index (κ3) is 3.01. The van der Waals surface area contributed by atoms with Gasteiger partial charge in [-0.05, 0) is 35.9 Å². The van der Waals surface area contributed by atoms with Gasteiger partial charge in [0.1, 0.15) is 5.75 Å². The van der Waals surface area contributed by atoms with Crippen LogP contribution in [0.25, 0.3) is 11.1 Å². The summed E-state index contributed by atoms with van der Waals surface area (Å²) >= 11 is 0. The predicted octanol–water partition coefficient (Wildman–Crippen LogP) is 3.72. The summed E-state index contributed by atoms with van der Waals surface area (Å²) in [5.74, 6) is -0.998. The number of benzene rings is 3. The molecular formula is C19H15NO4. The maximum absolute atomic E-state index is 12.4. The van der Waals surface area contributed by atoms with Gasteiger partial charge in [-0.1, -0.05) is 36.4 Å². The predicted molar refractivity (Wildman–Crippen MR) is 91.3 cm³/mol. The molecule has 0 aromatic heterocycles. The first kappa shape index (κ1) is 15.4. The number of aromatic hydroxyl groups is 3. The zero-order valence-electron chi connectivity index (χ0n) is 12.6. The third-order valence-corrected chi connectivity index (χ3v) is 3.61. The van der Waals surface area contributed by atoms with Crippen LogP contribution in [0.4, 0.5) is 5.69 Å². The molecule has 0 bridgehead atoms. The molecule has 0 aliphatic carbocycles. The zero-order chi connectivity index (χ0) is 17.1. The van der Waals surface area contributed by atoms with E-state index in [0.29, 0.717) is 16.8 Å². The van der Waals surface area contributed by atoms with Crippen molar-refractivity contribution < 1.29 is 20.1 Å². The number of amides is 1. The van der Waals surface area contributed by atoms with Crippen molar-refractivity contribution in [1.29, 1.82) is 0 Å². The Bertz CT molecular complexity index is 905. The maximum Gasteiger partial charge on any atom is 0.259 e. The molecule has 0 fully saturated rings. The SMILES string of the molecule is O=C(Nc1ccccc1-c1ccc(O)c(O)c1)c1ccccc1O. The van der Waals surface area contributed by atoms with Crippen molar-refractivity contribution in [3.05, 3.63) is 72.3 Å². The van der Waals surface area contributed by atoms with Gasteiger partial charge in [0.2, 0.25) is 0 Å². The first-order valence-electron chi connectivity index (χ1n) is 7.27. The van der Waals surface area contributed by atoms with Crippen LogP contribution < -0.4 is 5.32 Å². The maximum atomic E-state index is 12.4. The van der Waals surface area contributed by atoms with Gasteiger partial charge in [-0.3, -0.25) is 4.79 Å². The second kappa shape index (κ2) is 6.34. The number of rotatable bonds is 3. The van der Waals surface area contributed by atoms with Gasteiger partial charge in [-0.25, -0.2) is 0 Å². The average Bonchev–Trinajstić information content (AvgIpc) is 2.58. The van der Waals surface area contributed by atoms with E-state index in [1.165, 1.54) is 24.3 Å². The summed E-state index contributed by atoms with van der Waals surface area (Å²) in [6, 6.07) is 17.8. The normalized spacial score (nSPS) is 10.3. The summed E-state index contributed by atoms with van der Waals surface area (Å²) in [6.45, 7) is 0. The van der Waals surface area contributed by atoms with Crippen molar-refractivity contribution in [2.75, 3.05) is 5.32 Å². The van der Waals surface area contributed by atoms with Crippen LogP contribution in [-0.4, -0.2) is 21.2 Å². The standard InChI is InChI=1S/C19H15NO4/c21-16-8-4-2-6-14(16)19(24)20-15-7-3-1-5-13(15)12-9-10-17(22)18(23)11-12/h1-11,21-23H,(H,20,24). The average molecular weight is 321 g/mol. The molecule has 0 spiro atoms. The lowest BCUT2D eigenvalue weighted by Gasteiger charge is -2.12. The summed E-state index contributed by atoms with van der Waals surface area (Å²) < 4.78 is 0. The molecule has 0 radical (unpaired) electrons. The van der Waals surface area contributed by atoms with Crippen molar-refractivity contribution in [2.24, 2.45) is 0 Å². The van der Waals surface area contributed by atoms with E-state index in [1.54, 1.807) is 42.5 Å². The van der Waals surface area contributed by atoms with Crippen LogP contribution in [0.15, 0.2) is 66.7 Å². The van der Waals surface area contributed by atoms with Crippen LogP contribution in [0.5, 0.6) is 17.2 Å². The molecule has 24 heavy (non-hydrogen) atoms. The number of hydrogen-bond donors (Lipinski definition) is 4. The third-order valence-electron chi connectivity index (χ3n) is 3.61.